The van der Waals surface area contributed by atoms with Gasteiger partial charge in [0.05, 0.1) is 4.90 Å². The molecule has 3 aromatic rings. The van der Waals surface area contributed by atoms with Crippen molar-refractivity contribution >= 4 is 33.2 Å². The van der Waals surface area contributed by atoms with E-state index in [-0.39, 0.29) is 34.2 Å². The molecule has 2 amide bonds. The SMILES string of the molecule is CC(=O)Nc1ccc(S(=O)(=O)Nc2ccc3n(c2=O)C[C@H]2C[C@@H]3CN(C(=O)c3ccc(F)cc3)C2)cc1. The van der Waals surface area contributed by atoms with E-state index in [1.165, 1.54) is 61.5 Å². The van der Waals surface area contributed by atoms with Crippen molar-refractivity contribution in [2.24, 2.45) is 5.92 Å². The second-order valence-electron chi connectivity index (χ2n) is 9.41. The van der Waals surface area contributed by atoms with Crippen molar-refractivity contribution in [2.75, 3.05) is 23.1 Å². The van der Waals surface area contributed by atoms with E-state index in [0.29, 0.717) is 30.9 Å². The van der Waals surface area contributed by atoms with Crippen molar-refractivity contribution in [2.45, 2.75) is 30.7 Å². The molecule has 2 aliphatic heterocycles. The second-order valence-corrected chi connectivity index (χ2v) is 11.1. The molecule has 0 aliphatic carbocycles. The van der Waals surface area contributed by atoms with Gasteiger partial charge in [-0.3, -0.25) is 19.1 Å². The van der Waals surface area contributed by atoms with Gasteiger partial charge < -0.3 is 14.8 Å². The number of piperidine rings is 1. The summed E-state index contributed by atoms with van der Waals surface area (Å²) in [5.41, 5.74) is 1.12. The molecule has 11 heteroatoms. The van der Waals surface area contributed by atoms with Gasteiger partial charge in [0, 0.05) is 49.4 Å². The predicted octanol–water partition coefficient (Wildman–Crippen LogP) is 3.01. The van der Waals surface area contributed by atoms with Crippen molar-refractivity contribution in [3.63, 3.8) is 0 Å². The van der Waals surface area contributed by atoms with Crippen molar-refractivity contribution in [3.05, 3.63) is 88.1 Å². The summed E-state index contributed by atoms with van der Waals surface area (Å²) in [5.74, 6) is -0.908. The van der Waals surface area contributed by atoms with E-state index in [9.17, 15) is 27.2 Å². The number of pyridine rings is 1. The lowest BCUT2D eigenvalue weighted by Gasteiger charge is -2.43. The van der Waals surface area contributed by atoms with Gasteiger partial charge in [-0.1, -0.05) is 0 Å². The van der Waals surface area contributed by atoms with Gasteiger partial charge >= 0.3 is 0 Å². The highest BCUT2D eigenvalue weighted by Crippen LogP contribution is 2.36. The van der Waals surface area contributed by atoms with Gasteiger partial charge in [-0.15, -0.1) is 0 Å². The Hall–Kier alpha value is -3.99. The van der Waals surface area contributed by atoms with Crippen LogP contribution in [-0.2, 0) is 21.4 Å². The fourth-order valence-electron chi connectivity index (χ4n) is 5.09. The summed E-state index contributed by atoms with van der Waals surface area (Å²) in [6.45, 7) is 2.58. The van der Waals surface area contributed by atoms with E-state index >= 15 is 0 Å². The Morgan fingerprint density at radius 3 is 2.32 bits per heavy atom. The minimum Gasteiger partial charge on any atom is -0.338 e. The zero-order valence-electron chi connectivity index (χ0n) is 20.0. The number of amides is 2. The number of halogens is 1. The van der Waals surface area contributed by atoms with E-state index < -0.39 is 21.4 Å². The molecule has 192 valence electrons. The number of aromatic nitrogens is 1. The summed E-state index contributed by atoms with van der Waals surface area (Å²) in [6.07, 6.45) is 0.818. The van der Waals surface area contributed by atoms with Crippen LogP contribution in [0.3, 0.4) is 0 Å². The summed E-state index contributed by atoms with van der Waals surface area (Å²) < 4.78 is 43.1. The monoisotopic (exact) mass is 524 g/mol. The first-order valence-electron chi connectivity index (χ1n) is 11.8. The Labute approximate surface area is 213 Å². The Kier molecular flexibility index (Phi) is 6.32. The molecule has 2 aromatic carbocycles. The van der Waals surface area contributed by atoms with E-state index in [4.69, 9.17) is 0 Å². The van der Waals surface area contributed by atoms with Gasteiger partial charge in [0.2, 0.25) is 5.91 Å². The Bertz CT molecular complexity index is 1530. The fourth-order valence-corrected chi connectivity index (χ4v) is 6.15. The van der Waals surface area contributed by atoms with Gasteiger partial charge in [0.15, 0.2) is 0 Å². The number of hydrogen-bond acceptors (Lipinski definition) is 5. The summed E-state index contributed by atoms with van der Waals surface area (Å²) in [6, 6.07) is 14.3. The molecule has 1 fully saturated rings. The molecule has 2 bridgehead atoms. The normalized spacial score (nSPS) is 18.6. The number of nitrogens with zero attached hydrogens (tertiary/aromatic N) is 2. The number of rotatable bonds is 5. The highest BCUT2D eigenvalue weighted by atomic mass is 32.2. The van der Waals surface area contributed by atoms with Crippen LogP contribution in [0.4, 0.5) is 15.8 Å². The lowest BCUT2D eigenvalue weighted by molar-refractivity contribution is -0.114. The minimum absolute atomic E-state index is 0.0292. The Morgan fingerprint density at radius 2 is 1.65 bits per heavy atom. The average Bonchev–Trinajstić information content (AvgIpc) is 2.86. The maximum Gasteiger partial charge on any atom is 0.275 e. The van der Waals surface area contributed by atoms with E-state index in [1.54, 1.807) is 15.5 Å². The van der Waals surface area contributed by atoms with Crippen LogP contribution in [0.25, 0.3) is 0 Å². The minimum atomic E-state index is -4.04. The fraction of sp³-hybridized carbons (Fsp3) is 0.269. The molecule has 2 atom stereocenters. The molecular formula is C26H25FN4O5S. The predicted molar refractivity (Wildman–Crippen MR) is 135 cm³/mol. The molecule has 0 saturated carbocycles. The van der Waals surface area contributed by atoms with Crippen LogP contribution in [0.5, 0.6) is 0 Å². The number of hydrogen-bond donors (Lipinski definition) is 2. The number of likely N-dealkylation sites (tertiary alicyclic amines) is 1. The van der Waals surface area contributed by atoms with Crippen LogP contribution in [-0.4, -0.2) is 42.8 Å². The topological polar surface area (TPSA) is 118 Å². The third-order valence-corrected chi connectivity index (χ3v) is 8.09. The number of fused-ring (bicyclic) bond motifs is 4. The number of benzene rings is 2. The van der Waals surface area contributed by atoms with Crippen LogP contribution in [0.2, 0.25) is 0 Å². The van der Waals surface area contributed by atoms with Crippen LogP contribution in [0, 0.1) is 11.7 Å². The highest BCUT2D eigenvalue weighted by Gasteiger charge is 2.37. The zero-order chi connectivity index (χ0) is 26.3. The van der Waals surface area contributed by atoms with Crippen molar-refractivity contribution in [3.8, 4) is 0 Å². The Balaban J connectivity index is 1.36. The number of anilines is 2. The highest BCUT2D eigenvalue weighted by molar-refractivity contribution is 7.92. The maximum absolute atomic E-state index is 13.3. The third-order valence-electron chi connectivity index (χ3n) is 6.71. The lowest BCUT2D eigenvalue weighted by Crippen LogP contribution is -2.49. The smallest absolute Gasteiger partial charge is 0.275 e. The number of carbonyl (C=O) groups is 2. The molecule has 1 saturated heterocycles. The van der Waals surface area contributed by atoms with Gasteiger partial charge in [-0.2, -0.15) is 0 Å². The summed E-state index contributed by atoms with van der Waals surface area (Å²) in [5, 5.41) is 2.57. The molecule has 0 unspecified atom stereocenters. The van der Waals surface area contributed by atoms with Crippen molar-refractivity contribution in [1.82, 2.24) is 9.47 Å². The largest absolute Gasteiger partial charge is 0.338 e. The Morgan fingerprint density at radius 1 is 0.946 bits per heavy atom. The number of carbonyl (C=O) groups excluding carboxylic acids is 2. The summed E-state index contributed by atoms with van der Waals surface area (Å²) in [7, 11) is -4.04. The molecule has 0 spiro atoms. The quantitative estimate of drug-likeness (QED) is 0.532. The van der Waals surface area contributed by atoms with E-state index in [1.807, 2.05) is 0 Å². The molecule has 37 heavy (non-hydrogen) atoms. The summed E-state index contributed by atoms with van der Waals surface area (Å²) in [4.78, 5) is 39.1. The first-order valence-corrected chi connectivity index (χ1v) is 13.3. The molecule has 0 radical (unpaired) electrons. The van der Waals surface area contributed by atoms with Crippen molar-refractivity contribution in [1.29, 1.82) is 0 Å². The van der Waals surface area contributed by atoms with E-state index in [0.717, 1.165) is 12.1 Å². The third kappa shape index (κ3) is 4.99. The number of nitrogens with one attached hydrogen (secondary N) is 2. The first kappa shape index (κ1) is 24.7. The van der Waals surface area contributed by atoms with Crippen LogP contribution >= 0.6 is 0 Å². The zero-order valence-corrected chi connectivity index (χ0v) is 20.8. The molecule has 5 rings (SSSR count). The van der Waals surface area contributed by atoms with Crippen LogP contribution in [0.15, 0.2) is 70.4 Å². The average molecular weight is 525 g/mol. The van der Waals surface area contributed by atoms with Gasteiger partial charge in [-0.25, -0.2) is 12.8 Å². The van der Waals surface area contributed by atoms with Gasteiger partial charge in [-0.05, 0) is 73.0 Å². The number of sulfonamides is 1. The van der Waals surface area contributed by atoms with E-state index in [2.05, 4.69) is 10.0 Å². The summed E-state index contributed by atoms with van der Waals surface area (Å²) >= 11 is 0. The standard InChI is InChI=1S/C26H25FN4O5S/c1-16(32)28-21-6-8-22(9-7-21)37(35,36)29-23-10-11-24-19-12-17(14-31(24)26(23)34)13-30(15-19)25(33)18-2-4-20(27)5-3-18/h2-11,17,19,29H,12-15H2,1H3,(H,28,32)/t17-,19+/m0/s1. The molecule has 2 N–H and O–H groups in total. The van der Waals surface area contributed by atoms with Crippen LogP contribution < -0.4 is 15.6 Å². The van der Waals surface area contributed by atoms with Gasteiger partial charge in [0.1, 0.15) is 11.5 Å². The van der Waals surface area contributed by atoms with Crippen LogP contribution in [0.1, 0.15) is 35.3 Å². The molecular weight excluding hydrogens is 499 g/mol. The maximum atomic E-state index is 13.3. The van der Waals surface area contributed by atoms with Gasteiger partial charge in [0.25, 0.3) is 21.5 Å². The second kappa shape index (κ2) is 9.47. The first-order chi connectivity index (χ1) is 17.6. The lowest BCUT2D eigenvalue weighted by atomic mass is 9.83. The molecule has 3 heterocycles. The molecule has 2 aliphatic rings. The molecule has 9 nitrogen and oxygen atoms in total. The van der Waals surface area contributed by atoms with Crippen molar-refractivity contribution < 1.29 is 22.4 Å². The molecule has 1 aromatic heterocycles.